The lowest BCUT2D eigenvalue weighted by Crippen LogP contribution is -2.24. The highest BCUT2D eigenvalue weighted by atomic mass is 35.5. The van der Waals surface area contributed by atoms with Crippen LogP contribution in [0.2, 0.25) is 5.02 Å². The minimum absolute atomic E-state index is 0.0367. The zero-order valence-corrected chi connectivity index (χ0v) is 13.9. The van der Waals surface area contributed by atoms with Gasteiger partial charge in [0.25, 0.3) is 0 Å². The van der Waals surface area contributed by atoms with E-state index >= 15 is 0 Å². The molecule has 0 radical (unpaired) electrons. The van der Waals surface area contributed by atoms with Crippen molar-refractivity contribution in [2.24, 2.45) is 0 Å². The Balaban J connectivity index is 1.85. The van der Waals surface area contributed by atoms with Crippen LogP contribution in [0.25, 0.3) is 0 Å². The first-order valence-corrected chi connectivity index (χ1v) is 7.57. The second-order valence-electron chi connectivity index (χ2n) is 5.56. The first-order valence-electron chi connectivity index (χ1n) is 7.19. The van der Waals surface area contributed by atoms with E-state index in [0.29, 0.717) is 23.7 Å². The fraction of sp³-hybridized carbons (Fsp3) is 0.375. The monoisotopic (exact) mass is 320 g/mol. The molecular formula is C16H21ClN4O. The van der Waals surface area contributed by atoms with E-state index in [9.17, 15) is 4.79 Å². The van der Waals surface area contributed by atoms with Crippen LogP contribution in [0.3, 0.4) is 0 Å². The lowest BCUT2D eigenvalue weighted by atomic mass is 10.1. The minimum Gasteiger partial charge on any atom is -0.325 e. The third-order valence-corrected chi connectivity index (χ3v) is 3.71. The highest BCUT2D eigenvalue weighted by Gasteiger charge is 2.10. The molecule has 0 aliphatic carbocycles. The molecule has 0 aliphatic heterocycles. The zero-order chi connectivity index (χ0) is 16.1. The molecule has 6 heteroatoms. The van der Waals surface area contributed by atoms with E-state index in [-0.39, 0.29) is 5.91 Å². The molecule has 0 aliphatic rings. The Kier molecular flexibility index (Phi) is 5.57. The Morgan fingerprint density at radius 3 is 2.82 bits per heavy atom. The average molecular weight is 321 g/mol. The van der Waals surface area contributed by atoms with Gasteiger partial charge in [0.2, 0.25) is 5.91 Å². The number of carbonyl (C=O) groups excluding carboxylic acids is 1. The quantitative estimate of drug-likeness (QED) is 0.859. The van der Waals surface area contributed by atoms with Gasteiger partial charge in [0.1, 0.15) is 0 Å². The largest absolute Gasteiger partial charge is 0.325 e. The number of aromatic amines is 1. The maximum Gasteiger partial charge on any atom is 0.225 e. The van der Waals surface area contributed by atoms with E-state index in [2.05, 4.69) is 20.4 Å². The van der Waals surface area contributed by atoms with Gasteiger partial charge >= 0.3 is 0 Å². The summed E-state index contributed by atoms with van der Waals surface area (Å²) in [5, 5.41) is 10.3. The lowest BCUT2D eigenvalue weighted by Gasteiger charge is -2.16. The first kappa shape index (κ1) is 16.5. The number of benzene rings is 1. The number of aromatic nitrogens is 2. The molecule has 0 saturated heterocycles. The molecule has 2 N–H and O–H groups in total. The number of carbonyl (C=O) groups is 1. The van der Waals surface area contributed by atoms with Crippen LogP contribution < -0.4 is 5.32 Å². The van der Waals surface area contributed by atoms with Gasteiger partial charge in [0, 0.05) is 31.4 Å². The molecule has 118 valence electrons. The van der Waals surface area contributed by atoms with E-state index < -0.39 is 0 Å². The van der Waals surface area contributed by atoms with Crippen molar-refractivity contribution in [1.29, 1.82) is 0 Å². The van der Waals surface area contributed by atoms with Gasteiger partial charge in [0.05, 0.1) is 10.7 Å². The van der Waals surface area contributed by atoms with Crippen molar-refractivity contribution in [2.75, 3.05) is 18.9 Å². The molecule has 0 fully saturated rings. The van der Waals surface area contributed by atoms with Crippen molar-refractivity contribution in [3.05, 3.63) is 46.2 Å². The summed E-state index contributed by atoms with van der Waals surface area (Å²) in [7, 11) is 1.97. The van der Waals surface area contributed by atoms with Gasteiger partial charge in [-0.2, -0.15) is 5.10 Å². The number of anilines is 1. The van der Waals surface area contributed by atoms with Crippen LogP contribution in [0.4, 0.5) is 5.69 Å². The number of H-pyrrole nitrogens is 1. The third kappa shape index (κ3) is 4.58. The van der Waals surface area contributed by atoms with Crippen LogP contribution >= 0.6 is 11.6 Å². The van der Waals surface area contributed by atoms with Gasteiger partial charge < -0.3 is 10.2 Å². The summed E-state index contributed by atoms with van der Waals surface area (Å²) < 4.78 is 0. The number of hydrogen-bond acceptors (Lipinski definition) is 3. The highest BCUT2D eigenvalue weighted by molar-refractivity contribution is 6.34. The van der Waals surface area contributed by atoms with Crippen molar-refractivity contribution in [1.82, 2.24) is 15.1 Å². The molecule has 0 bridgehead atoms. The van der Waals surface area contributed by atoms with Gasteiger partial charge in [-0.3, -0.25) is 9.89 Å². The Morgan fingerprint density at radius 1 is 1.41 bits per heavy atom. The summed E-state index contributed by atoms with van der Waals surface area (Å²) in [6.45, 7) is 5.32. The van der Waals surface area contributed by atoms with Crippen molar-refractivity contribution >= 4 is 23.2 Å². The molecule has 2 rings (SSSR count). The van der Waals surface area contributed by atoms with Crippen molar-refractivity contribution in [3.8, 4) is 0 Å². The Morgan fingerprint density at radius 2 is 2.18 bits per heavy atom. The molecule has 0 unspecified atom stereocenters. The van der Waals surface area contributed by atoms with E-state index in [0.717, 1.165) is 23.4 Å². The summed E-state index contributed by atoms with van der Waals surface area (Å²) in [5.74, 6) is -0.0367. The van der Waals surface area contributed by atoms with Crippen LogP contribution in [-0.4, -0.2) is 34.6 Å². The summed E-state index contributed by atoms with van der Waals surface area (Å²) in [4.78, 5) is 14.2. The van der Waals surface area contributed by atoms with Crippen LogP contribution in [0.5, 0.6) is 0 Å². The molecule has 1 heterocycles. The summed E-state index contributed by atoms with van der Waals surface area (Å²) in [5.41, 5.74) is 3.79. The molecule has 0 saturated carbocycles. The number of hydrogen-bond donors (Lipinski definition) is 2. The summed E-state index contributed by atoms with van der Waals surface area (Å²) >= 11 is 6.20. The van der Waals surface area contributed by atoms with Gasteiger partial charge in [-0.15, -0.1) is 0 Å². The minimum atomic E-state index is -0.0367. The standard InChI is InChI=1S/C16H21ClN4O/c1-11-8-12(2)16(14(17)9-11)19-15(22)5-7-21(3)10-13-4-6-18-20-13/h4,6,8-9H,5,7,10H2,1-3H3,(H,18,20)(H,19,22). The number of aryl methyl sites for hydroxylation is 2. The summed E-state index contributed by atoms with van der Waals surface area (Å²) in [6, 6.07) is 5.78. The lowest BCUT2D eigenvalue weighted by molar-refractivity contribution is -0.116. The maximum absolute atomic E-state index is 12.1. The number of halogens is 1. The van der Waals surface area contributed by atoms with Gasteiger partial charge in [-0.05, 0) is 44.2 Å². The van der Waals surface area contributed by atoms with Gasteiger partial charge in [0.15, 0.2) is 0 Å². The van der Waals surface area contributed by atoms with Crippen molar-refractivity contribution in [3.63, 3.8) is 0 Å². The molecule has 1 aromatic carbocycles. The first-order chi connectivity index (χ1) is 10.5. The smallest absolute Gasteiger partial charge is 0.225 e. The molecule has 22 heavy (non-hydrogen) atoms. The maximum atomic E-state index is 12.1. The van der Waals surface area contributed by atoms with Crippen LogP contribution in [-0.2, 0) is 11.3 Å². The van der Waals surface area contributed by atoms with Gasteiger partial charge in [-0.25, -0.2) is 0 Å². The second-order valence-corrected chi connectivity index (χ2v) is 5.96. The van der Waals surface area contributed by atoms with Crippen LogP contribution in [0.1, 0.15) is 23.2 Å². The van der Waals surface area contributed by atoms with E-state index in [1.54, 1.807) is 6.20 Å². The molecule has 0 atom stereocenters. The van der Waals surface area contributed by atoms with Crippen LogP contribution in [0.15, 0.2) is 24.4 Å². The van der Waals surface area contributed by atoms with Crippen LogP contribution in [0, 0.1) is 13.8 Å². The fourth-order valence-electron chi connectivity index (χ4n) is 2.31. The van der Waals surface area contributed by atoms with E-state index in [1.807, 2.05) is 39.1 Å². The molecule has 2 aromatic rings. The van der Waals surface area contributed by atoms with E-state index in [1.165, 1.54) is 0 Å². The Hall–Kier alpha value is -1.85. The zero-order valence-electron chi connectivity index (χ0n) is 13.1. The molecule has 1 aromatic heterocycles. The number of nitrogens with zero attached hydrogens (tertiary/aromatic N) is 2. The Bertz CT molecular complexity index is 617. The highest BCUT2D eigenvalue weighted by Crippen LogP contribution is 2.27. The summed E-state index contributed by atoms with van der Waals surface area (Å²) in [6.07, 6.45) is 2.13. The molecular weight excluding hydrogens is 300 g/mol. The number of amides is 1. The average Bonchev–Trinajstić information content (AvgIpc) is 2.93. The van der Waals surface area contributed by atoms with E-state index in [4.69, 9.17) is 11.6 Å². The predicted molar refractivity (Wildman–Crippen MR) is 89.1 cm³/mol. The van der Waals surface area contributed by atoms with Gasteiger partial charge in [-0.1, -0.05) is 17.7 Å². The Labute approximate surface area is 135 Å². The molecule has 5 nitrogen and oxygen atoms in total. The fourth-order valence-corrected chi connectivity index (χ4v) is 2.68. The molecule has 1 amide bonds. The predicted octanol–water partition coefficient (Wildman–Crippen LogP) is 3.14. The van der Waals surface area contributed by atoms with Crippen molar-refractivity contribution in [2.45, 2.75) is 26.8 Å². The number of rotatable bonds is 6. The third-order valence-electron chi connectivity index (χ3n) is 3.42. The SMILES string of the molecule is Cc1cc(C)c(NC(=O)CCN(C)Cc2ccn[nH]2)c(Cl)c1. The van der Waals surface area contributed by atoms with Crippen molar-refractivity contribution < 1.29 is 4.79 Å². The number of nitrogens with one attached hydrogen (secondary N) is 2. The topological polar surface area (TPSA) is 61.0 Å². The second kappa shape index (κ2) is 7.42. The normalized spacial score (nSPS) is 11.0. The molecule has 0 spiro atoms.